The van der Waals surface area contributed by atoms with Gasteiger partial charge in [0, 0.05) is 34.3 Å². The lowest BCUT2D eigenvalue weighted by atomic mass is 9.87. The van der Waals surface area contributed by atoms with Crippen LogP contribution in [0.5, 0.6) is 0 Å². The van der Waals surface area contributed by atoms with Gasteiger partial charge in [0.25, 0.3) is 0 Å². The molecule has 2 aliphatic rings. The summed E-state index contributed by atoms with van der Waals surface area (Å²) in [5.41, 5.74) is 9.44. The number of pyridine rings is 1. The average molecular weight is 501 g/mol. The number of aromatic amines is 1. The van der Waals surface area contributed by atoms with Crippen molar-refractivity contribution in [3.63, 3.8) is 0 Å². The Balaban J connectivity index is 1.31. The number of rotatable bonds is 6. The molecule has 0 spiro atoms. The molecule has 4 aromatic rings. The Hall–Kier alpha value is -3.23. The Morgan fingerprint density at radius 3 is 2.70 bits per heavy atom. The molecule has 3 aromatic heterocycles. The SMILES string of the molecule is CC(C)NC(=O)CN1CCC(c2ccc3[nH]c(-c4cn5ncnc5c5c4COC5)c(C(C)C)c3c2)CC1. The van der Waals surface area contributed by atoms with Gasteiger partial charge in [-0.2, -0.15) is 5.10 Å². The molecule has 1 amide bonds. The van der Waals surface area contributed by atoms with Gasteiger partial charge in [-0.05, 0) is 80.4 Å². The zero-order chi connectivity index (χ0) is 25.7. The molecule has 2 N–H and O–H groups in total. The molecule has 0 saturated carbocycles. The zero-order valence-electron chi connectivity index (χ0n) is 22.2. The fourth-order valence-corrected chi connectivity index (χ4v) is 6.14. The van der Waals surface area contributed by atoms with E-state index in [1.165, 1.54) is 22.1 Å². The number of piperidine rings is 1. The van der Waals surface area contributed by atoms with Gasteiger partial charge >= 0.3 is 0 Å². The highest BCUT2D eigenvalue weighted by Crippen LogP contribution is 2.41. The van der Waals surface area contributed by atoms with Gasteiger partial charge in [-0.15, -0.1) is 0 Å². The lowest BCUT2D eigenvalue weighted by molar-refractivity contribution is -0.123. The Bertz CT molecular complexity index is 1460. The summed E-state index contributed by atoms with van der Waals surface area (Å²) in [5, 5.41) is 8.74. The smallest absolute Gasteiger partial charge is 0.234 e. The monoisotopic (exact) mass is 500 g/mol. The van der Waals surface area contributed by atoms with Gasteiger partial charge in [0.15, 0.2) is 5.65 Å². The van der Waals surface area contributed by atoms with Crippen LogP contribution in [-0.2, 0) is 22.7 Å². The van der Waals surface area contributed by atoms with Gasteiger partial charge in [-0.25, -0.2) is 9.50 Å². The van der Waals surface area contributed by atoms with Crippen LogP contribution in [0.25, 0.3) is 27.8 Å². The van der Waals surface area contributed by atoms with Gasteiger partial charge in [0.05, 0.1) is 25.5 Å². The maximum absolute atomic E-state index is 12.2. The lowest BCUT2D eigenvalue weighted by Gasteiger charge is -2.32. The molecule has 8 heteroatoms. The quantitative estimate of drug-likeness (QED) is 0.400. The van der Waals surface area contributed by atoms with Gasteiger partial charge in [-0.1, -0.05) is 19.9 Å². The zero-order valence-corrected chi connectivity index (χ0v) is 22.2. The van der Waals surface area contributed by atoms with E-state index in [1.54, 1.807) is 6.33 Å². The number of likely N-dealkylation sites (tertiary alicyclic amines) is 1. The Kier molecular flexibility index (Phi) is 6.24. The minimum Gasteiger partial charge on any atom is -0.372 e. The molecule has 2 aliphatic heterocycles. The van der Waals surface area contributed by atoms with E-state index in [1.807, 2.05) is 18.4 Å². The summed E-state index contributed by atoms with van der Waals surface area (Å²) < 4.78 is 7.73. The first-order chi connectivity index (χ1) is 17.9. The fourth-order valence-electron chi connectivity index (χ4n) is 6.14. The molecule has 0 atom stereocenters. The number of fused-ring (bicyclic) bond motifs is 4. The second-order valence-corrected chi connectivity index (χ2v) is 11.2. The first-order valence-electron chi connectivity index (χ1n) is 13.5. The minimum atomic E-state index is 0.122. The van der Waals surface area contributed by atoms with Gasteiger partial charge in [0.2, 0.25) is 5.91 Å². The third-order valence-electron chi connectivity index (χ3n) is 7.86. The van der Waals surface area contributed by atoms with Crippen molar-refractivity contribution in [3.8, 4) is 11.3 Å². The molecule has 194 valence electrons. The number of nitrogens with zero attached hydrogens (tertiary/aromatic N) is 4. The summed E-state index contributed by atoms with van der Waals surface area (Å²) in [7, 11) is 0. The molecular formula is C29H36N6O2. The second kappa shape index (κ2) is 9.58. The topological polar surface area (TPSA) is 87.6 Å². The summed E-state index contributed by atoms with van der Waals surface area (Å²) in [6.45, 7) is 12.1. The van der Waals surface area contributed by atoms with Crippen LogP contribution in [0.2, 0.25) is 0 Å². The summed E-state index contributed by atoms with van der Waals surface area (Å²) in [4.78, 5) is 22.7. The maximum atomic E-state index is 12.2. The van der Waals surface area contributed by atoms with Crippen LogP contribution < -0.4 is 5.32 Å². The van der Waals surface area contributed by atoms with Crippen molar-refractivity contribution in [2.45, 2.75) is 71.6 Å². The van der Waals surface area contributed by atoms with E-state index < -0.39 is 0 Å². The summed E-state index contributed by atoms with van der Waals surface area (Å²) in [5.74, 6) is 0.985. The Labute approximate surface area is 217 Å². The van der Waals surface area contributed by atoms with E-state index in [0.29, 0.717) is 31.6 Å². The molecule has 0 aliphatic carbocycles. The van der Waals surface area contributed by atoms with Gasteiger partial charge in [0.1, 0.15) is 6.33 Å². The van der Waals surface area contributed by atoms with Gasteiger partial charge < -0.3 is 15.0 Å². The molecule has 5 heterocycles. The molecule has 6 rings (SSSR count). The normalized spacial score (nSPS) is 16.9. The first-order valence-corrected chi connectivity index (χ1v) is 13.5. The molecule has 37 heavy (non-hydrogen) atoms. The molecular weight excluding hydrogens is 464 g/mol. The summed E-state index contributed by atoms with van der Waals surface area (Å²) >= 11 is 0. The number of aromatic nitrogens is 4. The average Bonchev–Trinajstić information content (AvgIpc) is 3.60. The van der Waals surface area contributed by atoms with Crippen LogP contribution in [0, 0.1) is 0 Å². The molecule has 0 radical (unpaired) electrons. The second-order valence-electron chi connectivity index (χ2n) is 11.2. The third kappa shape index (κ3) is 4.42. The largest absolute Gasteiger partial charge is 0.372 e. The number of benzene rings is 1. The van der Waals surface area contributed by atoms with E-state index in [2.05, 4.69) is 63.5 Å². The molecule has 0 bridgehead atoms. The number of carbonyl (C=O) groups is 1. The van der Waals surface area contributed by atoms with Crippen molar-refractivity contribution in [1.82, 2.24) is 29.8 Å². The predicted octanol–water partition coefficient (Wildman–Crippen LogP) is 4.74. The highest BCUT2D eigenvalue weighted by molar-refractivity contribution is 5.93. The number of H-pyrrole nitrogens is 1. The van der Waals surface area contributed by atoms with Crippen molar-refractivity contribution >= 4 is 22.5 Å². The van der Waals surface area contributed by atoms with Crippen LogP contribution in [0.4, 0.5) is 0 Å². The molecule has 1 aromatic carbocycles. The Morgan fingerprint density at radius 1 is 1.16 bits per heavy atom. The number of ether oxygens (including phenoxy) is 1. The highest BCUT2D eigenvalue weighted by Gasteiger charge is 2.27. The predicted molar refractivity (Wildman–Crippen MR) is 145 cm³/mol. The van der Waals surface area contributed by atoms with Crippen LogP contribution >= 0.6 is 0 Å². The van der Waals surface area contributed by atoms with E-state index >= 15 is 0 Å². The third-order valence-corrected chi connectivity index (χ3v) is 7.86. The van der Waals surface area contributed by atoms with E-state index in [9.17, 15) is 4.79 Å². The van der Waals surface area contributed by atoms with Crippen molar-refractivity contribution in [2.24, 2.45) is 0 Å². The van der Waals surface area contributed by atoms with Crippen molar-refractivity contribution in [2.75, 3.05) is 19.6 Å². The van der Waals surface area contributed by atoms with E-state index in [-0.39, 0.29) is 11.9 Å². The number of amides is 1. The maximum Gasteiger partial charge on any atom is 0.234 e. The number of hydrogen-bond acceptors (Lipinski definition) is 5. The molecule has 1 saturated heterocycles. The van der Waals surface area contributed by atoms with Crippen molar-refractivity contribution in [3.05, 3.63) is 53.0 Å². The van der Waals surface area contributed by atoms with Crippen LogP contribution in [-0.4, -0.2) is 56.1 Å². The Morgan fingerprint density at radius 2 is 1.95 bits per heavy atom. The van der Waals surface area contributed by atoms with E-state index in [0.717, 1.165) is 53.9 Å². The highest BCUT2D eigenvalue weighted by atomic mass is 16.5. The van der Waals surface area contributed by atoms with Crippen molar-refractivity contribution < 1.29 is 9.53 Å². The van der Waals surface area contributed by atoms with Gasteiger partial charge in [-0.3, -0.25) is 9.69 Å². The number of carbonyl (C=O) groups excluding carboxylic acids is 1. The molecule has 0 unspecified atom stereocenters. The lowest BCUT2D eigenvalue weighted by Crippen LogP contribution is -2.43. The molecule has 8 nitrogen and oxygen atoms in total. The fraction of sp³-hybridized carbons (Fsp3) is 0.483. The number of nitrogens with one attached hydrogen (secondary N) is 2. The summed E-state index contributed by atoms with van der Waals surface area (Å²) in [6, 6.07) is 7.12. The first kappa shape index (κ1) is 24.1. The van der Waals surface area contributed by atoms with Crippen LogP contribution in [0.15, 0.2) is 30.7 Å². The van der Waals surface area contributed by atoms with Crippen molar-refractivity contribution in [1.29, 1.82) is 0 Å². The standard InChI is InChI=1S/C29H36N6O2/c1-17(2)27-21-11-20(19-7-9-34(10-8-19)13-26(36)32-18(3)4)5-6-25(21)33-28(27)22-12-35-29(30-16-31-35)24-15-37-14-23(22)24/h5-6,11-12,16-19,33H,7-10,13-15H2,1-4H3,(H,32,36). The van der Waals surface area contributed by atoms with Crippen LogP contribution in [0.3, 0.4) is 0 Å². The van der Waals surface area contributed by atoms with E-state index in [4.69, 9.17) is 4.74 Å². The number of hydrogen-bond donors (Lipinski definition) is 2. The summed E-state index contributed by atoms with van der Waals surface area (Å²) in [6.07, 6.45) is 5.85. The molecule has 1 fully saturated rings. The van der Waals surface area contributed by atoms with Crippen LogP contribution in [0.1, 0.15) is 74.6 Å². The minimum absolute atomic E-state index is 0.122.